The van der Waals surface area contributed by atoms with Gasteiger partial charge in [-0.15, -0.1) is 0 Å². The number of benzene rings is 1. The zero-order valence-corrected chi connectivity index (χ0v) is 11.9. The maximum Gasteiger partial charge on any atom is 0.170 e. The normalized spacial score (nSPS) is 18.5. The van der Waals surface area contributed by atoms with Gasteiger partial charge in [-0.25, -0.2) is 4.39 Å². The first kappa shape index (κ1) is 15.5. The lowest BCUT2D eigenvalue weighted by Gasteiger charge is -2.36. The van der Waals surface area contributed by atoms with Gasteiger partial charge >= 0.3 is 0 Å². The molecular weight excluding hydrogens is 277 g/mol. The maximum atomic E-state index is 14.1. The molecule has 1 heterocycles. The van der Waals surface area contributed by atoms with Gasteiger partial charge in [-0.1, -0.05) is 5.16 Å². The van der Waals surface area contributed by atoms with Gasteiger partial charge in [-0.2, -0.15) is 0 Å². The SMILES string of the molecule is CN(CC1(O)CCOCC1)c1ccc(/C(N)=N/O)cc1F. The predicted octanol–water partition coefficient (Wildman–Crippen LogP) is 0.898. The minimum atomic E-state index is -0.871. The molecule has 2 rings (SSSR count). The Kier molecular flexibility index (Phi) is 4.64. The molecule has 116 valence electrons. The van der Waals surface area contributed by atoms with Crippen molar-refractivity contribution in [3.05, 3.63) is 29.6 Å². The van der Waals surface area contributed by atoms with E-state index in [0.29, 0.717) is 43.9 Å². The van der Waals surface area contributed by atoms with Crippen molar-refractivity contribution < 1.29 is 19.4 Å². The highest BCUT2D eigenvalue weighted by Gasteiger charge is 2.31. The number of anilines is 1. The minimum absolute atomic E-state index is 0.147. The zero-order valence-electron chi connectivity index (χ0n) is 11.9. The number of ether oxygens (including phenoxy) is 1. The Morgan fingerprint density at radius 3 is 2.71 bits per heavy atom. The molecule has 1 aromatic rings. The van der Waals surface area contributed by atoms with Crippen LogP contribution in [-0.4, -0.2) is 48.6 Å². The molecule has 1 fully saturated rings. The molecule has 0 aromatic heterocycles. The Morgan fingerprint density at radius 2 is 2.14 bits per heavy atom. The van der Waals surface area contributed by atoms with Crippen molar-refractivity contribution in [2.24, 2.45) is 10.9 Å². The second-order valence-corrected chi connectivity index (χ2v) is 5.34. The van der Waals surface area contributed by atoms with Crippen molar-refractivity contribution in [1.29, 1.82) is 0 Å². The minimum Gasteiger partial charge on any atom is -0.409 e. The van der Waals surface area contributed by atoms with Crippen LogP contribution in [0, 0.1) is 5.82 Å². The number of amidine groups is 1. The molecule has 7 heteroatoms. The Balaban J connectivity index is 2.14. The molecule has 0 saturated carbocycles. The first-order valence-electron chi connectivity index (χ1n) is 6.74. The second-order valence-electron chi connectivity index (χ2n) is 5.34. The van der Waals surface area contributed by atoms with Crippen molar-refractivity contribution in [3.8, 4) is 0 Å². The van der Waals surface area contributed by atoms with Gasteiger partial charge in [-0.05, 0) is 18.2 Å². The molecule has 4 N–H and O–H groups in total. The van der Waals surface area contributed by atoms with Gasteiger partial charge in [0.05, 0.1) is 11.3 Å². The summed E-state index contributed by atoms with van der Waals surface area (Å²) < 4.78 is 19.4. The monoisotopic (exact) mass is 297 g/mol. The maximum absolute atomic E-state index is 14.1. The van der Waals surface area contributed by atoms with E-state index in [9.17, 15) is 9.50 Å². The molecule has 0 unspecified atom stereocenters. The van der Waals surface area contributed by atoms with Crippen LogP contribution in [0.1, 0.15) is 18.4 Å². The molecule has 0 radical (unpaired) electrons. The van der Waals surface area contributed by atoms with Crippen molar-refractivity contribution in [3.63, 3.8) is 0 Å². The van der Waals surface area contributed by atoms with Crippen LogP contribution >= 0.6 is 0 Å². The second kappa shape index (κ2) is 6.28. The highest BCUT2D eigenvalue weighted by molar-refractivity contribution is 5.97. The molecule has 0 spiro atoms. The van der Waals surface area contributed by atoms with E-state index in [-0.39, 0.29) is 5.84 Å². The molecule has 6 nitrogen and oxygen atoms in total. The highest BCUT2D eigenvalue weighted by atomic mass is 19.1. The van der Waals surface area contributed by atoms with Gasteiger partial charge in [0.1, 0.15) is 5.82 Å². The summed E-state index contributed by atoms with van der Waals surface area (Å²) in [5.41, 5.74) is 5.21. The fraction of sp³-hybridized carbons (Fsp3) is 0.500. The molecule has 1 aliphatic heterocycles. The van der Waals surface area contributed by atoms with Gasteiger partial charge in [-0.3, -0.25) is 0 Å². The van der Waals surface area contributed by atoms with Crippen molar-refractivity contribution >= 4 is 11.5 Å². The molecule has 1 aliphatic rings. The lowest BCUT2D eigenvalue weighted by atomic mass is 9.93. The quantitative estimate of drug-likeness (QED) is 0.332. The summed E-state index contributed by atoms with van der Waals surface area (Å²) in [6, 6.07) is 4.32. The molecule has 1 saturated heterocycles. The Labute approximate surface area is 122 Å². The largest absolute Gasteiger partial charge is 0.409 e. The van der Waals surface area contributed by atoms with E-state index >= 15 is 0 Å². The topological polar surface area (TPSA) is 91.3 Å². The summed E-state index contributed by atoms with van der Waals surface area (Å²) in [7, 11) is 1.72. The predicted molar refractivity (Wildman–Crippen MR) is 77.2 cm³/mol. The summed E-state index contributed by atoms with van der Waals surface area (Å²) >= 11 is 0. The molecule has 1 aromatic carbocycles. The summed E-state index contributed by atoms with van der Waals surface area (Å²) in [5, 5.41) is 21.9. The van der Waals surface area contributed by atoms with E-state index in [1.165, 1.54) is 6.07 Å². The number of halogens is 1. The summed E-state index contributed by atoms with van der Waals surface area (Å²) in [6.07, 6.45) is 1.06. The van der Waals surface area contributed by atoms with E-state index in [1.54, 1.807) is 24.1 Å². The van der Waals surface area contributed by atoms with Crippen molar-refractivity contribution in [1.82, 2.24) is 0 Å². The number of likely N-dealkylation sites (N-methyl/N-ethyl adjacent to an activating group) is 1. The van der Waals surface area contributed by atoms with Crippen LogP contribution in [0.15, 0.2) is 23.4 Å². The molecule has 0 atom stereocenters. The van der Waals surface area contributed by atoms with Crippen LogP contribution in [0.4, 0.5) is 10.1 Å². The molecule has 21 heavy (non-hydrogen) atoms. The van der Waals surface area contributed by atoms with E-state index in [0.717, 1.165) is 0 Å². The number of aliphatic hydroxyl groups is 1. The lowest BCUT2D eigenvalue weighted by molar-refractivity contribution is -0.0573. The smallest absolute Gasteiger partial charge is 0.170 e. The number of oxime groups is 1. The zero-order chi connectivity index (χ0) is 15.5. The highest BCUT2D eigenvalue weighted by Crippen LogP contribution is 2.26. The summed E-state index contributed by atoms with van der Waals surface area (Å²) in [6.45, 7) is 1.33. The van der Waals surface area contributed by atoms with Gasteiger partial charge in [0.2, 0.25) is 0 Å². The Morgan fingerprint density at radius 1 is 1.48 bits per heavy atom. The summed E-state index contributed by atoms with van der Waals surface area (Å²) in [4.78, 5) is 1.66. The number of hydrogen-bond acceptors (Lipinski definition) is 5. The molecular formula is C14H20FN3O3. The van der Waals surface area contributed by atoms with Crippen molar-refractivity contribution in [2.75, 3.05) is 31.7 Å². The van der Waals surface area contributed by atoms with Gasteiger partial charge in [0.25, 0.3) is 0 Å². The van der Waals surface area contributed by atoms with Gasteiger partial charge < -0.3 is 25.7 Å². The van der Waals surface area contributed by atoms with E-state index in [1.807, 2.05) is 0 Å². The van der Waals surface area contributed by atoms with Crippen LogP contribution in [0.3, 0.4) is 0 Å². The van der Waals surface area contributed by atoms with E-state index in [4.69, 9.17) is 15.7 Å². The van der Waals surface area contributed by atoms with Crippen LogP contribution in [-0.2, 0) is 4.74 Å². The third-order valence-corrected chi connectivity index (χ3v) is 3.72. The number of nitrogens with two attached hydrogens (primary N) is 1. The average Bonchev–Trinajstić information content (AvgIpc) is 2.46. The average molecular weight is 297 g/mol. The Hall–Kier alpha value is -1.86. The molecule has 0 amide bonds. The Bertz CT molecular complexity index is 530. The van der Waals surface area contributed by atoms with Gasteiger partial charge in [0.15, 0.2) is 5.84 Å². The number of nitrogens with zero attached hydrogens (tertiary/aromatic N) is 2. The van der Waals surface area contributed by atoms with Crippen LogP contribution in [0.2, 0.25) is 0 Å². The standard InChI is InChI=1S/C14H20FN3O3/c1-18(9-14(19)4-6-21-7-5-14)12-3-2-10(8-11(12)15)13(16)17-20/h2-3,8,19-20H,4-7,9H2,1H3,(H2,16,17). The lowest BCUT2D eigenvalue weighted by Crippen LogP contribution is -2.46. The first-order chi connectivity index (χ1) is 9.95. The van der Waals surface area contributed by atoms with Gasteiger partial charge in [0, 0.05) is 45.2 Å². The number of hydrogen-bond donors (Lipinski definition) is 3. The summed E-state index contributed by atoms with van der Waals surface area (Å²) in [5.74, 6) is -0.636. The van der Waals surface area contributed by atoms with Crippen LogP contribution < -0.4 is 10.6 Å². The fourth-order valence-electron chi connectivity index (χ4n) is 2.47. The van der Waals surface area contributed by atoms with Crippen LogP contribution in [0.5, 0.6) is 0 Å². The number of rotatable bonds is 4. The molecule has 0 bridgehead atoms. The first-order valence-corrected chi connectivity index (χ1v) is 6.74. The molecule has 0 aliphatic carbocycles. The third kappa shape index (κ3) is 3.62. The van der Waals surface area contributed by atoms with E-state index in [2.05, 4.69) is 5.16 Å². The van der Waals surface area contributed by atoms with Crippen LogP contribution in [0.25, 0.3) is 0 Å². The third-order valence-electron chi connectivity index (χ3n) is 3.72. The van der Waals surface area contributed by atoms with E-state index < -0.39 is 11.4 Å². The fourth-order valence-corrected chi connectivity index (χ4v) is 2.47. The van der Waals surface area contributed by atoms with Crippen molar-refractivity contribution in [2.45, 2.75) is 18.4 Å².